The molecule has 1 aromatic rings. The molecule has 5 heteroatoms. The predicted molar refractivity (Wildman–Crippen MR) is 83.2 cm³/mol. The van der Waals surface area contributed by atoms with Crippen LogP contribution in [0.4, 0.5) is 8.78 Å². The summed E-state index contributed by atoms with van der Waals surface area (Å²) in [5.41, 5.74) is 1.03. The number of likely N-dealkylation sites (tertiary alicyclic amines) is 1. The summed E-state index contributed by atoms with van der Waals surface area (Å²) in [6, 6.07) is 10.2. The molecule has 3 rings (SSSR count). The minimum Gasteiger partial charge on any atom is -0.375 e. The topological polar surface area (TPSA) is 29.5 Å². The molecule has 23 heavy (non-hydrogen) atoms. The number of carbonyl (C=O) groups excluding carboxylic acids is 1. The number of hydrogen-bond acceptors (Lipinski definition) is 2. The van der Waals surface area contributed by atoms with Gasteiger partial charge in [0.1, 0.15) is 6.61 Å². The largest absolute Gasteiger partial charge is 0.375 e. The van der Waals surface area contributed by atoms with Crippen molar-refractivity contribution in [2.75, 3.05) is 19.8 Å². The van der Waals surface area contributed by atoms with Crippen LogP contribution in [0.25, 0.3) is 0 Å². The molecule has 0 N–H and O–H groups in total. The molecule has 1 heterocycles. The Bertz CT molecular complexity index is 537. The van der Waals surface area contributed by atoms with Gasteiger partial charge in [0.15, 0.2) is 0 Å². The van der Waals surface area contributed by atoms with Crippen molar-refractivity contribution < 1.29 is 18.3 Å². The van der Waals surface area contributed by atoms with Crippen LogP contribution in [0.5, 0.6) is 0 Å². The normalized spacial score (nSPS) is 26.7. The van der Waals surface area contributed by atoms with E-state index in [1.165, 1.54) is 12.0 Å². The molecule has 3 nitrogen and oxygen atoms in total. The molecule has 0 aromatic heterocycles. The zero-order valence-electron chi connectivity index (χ0n) is 13.2. The summed E-state index contributed by atoms with van der Waals surface area (Å²) >= 11 is 0. The monoisotopic (exact) mass is 323 g/mol. The second kappa shape index (κ2) is 6.95. The third kappa shape index (κ3) is 3.11. The van der Waals surface area contributed by atoms with Crippen molar-refractivity contribution in [3.63, 3.8) is 0 Å². The Morgan fingerprint density at radius 1 is 1.30 bits per heavy atom. The van der Waals surface area contributed by atoms with Crippen LogP contribution in [0.1, 0.15) is 37.7 Å². The molecule has 126 valence electrons. The van der Waals surface area contributed by atoms with Gasteiger partial charge in [0, 0.05) is 12.5 Å². The van der Waals surface area contributed by atoms with Crippen molar-refractivity contribution in [1.29, 1.82) is 0 Å². The van der Waals surface area contributed by atoms with E-state index in [4.69, 9.17) is 4.74 Å². The van der Waals surface area contributed by atoms with Crippen molar-refractivity contribution in [2.45, 2.75) is 44.1 Å². The van der Waals surface area contributed by atoms with Gasteiger partial charge in [0.25, 0.3) is 6.43 Å². The van der Waals surface area contributed by atoms with Crippen molar-refractivity contribution in [3.8, 4) is 0 Å². The van der Waals surface area contributed by atoms with Gasteiger partial charge in [-0.3, -0.25) is 4.79 Å². The highest BCUT2D eigenvalue weighted by Gasteiger charge is 2.56. The first-order valence-corrected chi connectivity index (χ1v) is 8.36. The number of fused-ring (bicyclic) bond motifs is 1. The van der Waals surface area contributed by atoms with E-state index in [1.807, 2.05) is 23.1 Å². The summed E-state index contributed by atoms with van der Waals surface area (Å²) in [6.07, 6.45) is 2.18. The molecule has 1 saturated heterocycles. The second-order valence-corrected chi connectivity index (χ2v) is 6.45. The van der Waals surface area contributed by atoms with Gasteiger partial charge in [-0.25, -0.2) is 8.78 Å². The fourth-order valence-corrected chi connectivity index (χ4v) is 4.15. The first kappa shape index (κ1) is 16.4. The van der Waals surface area contributed by atoms with Crippen LogP contribution in [0.3, 0.4) is 0 Å². The van der Waals surface area contributed by atoms with E-state index >= 15 is 0 Å². The molecular formula is C18H23F2NO2. The van der Waals surface area contributed by atoms with Crippen LogP contribution >= 0.6 is 0 Å². The van der Waals surface area contributed by atoms with Gasteiger partial charge < -0.3 is 9.64 Å². The number of rotatable bonds is 6. The fraction of sp³-hybridized carbons (Fsp3) is 0.611. The predicted octanol–water partition coefficient (Wildman–Crippen LogP) is 3.59. The van der Waals surface area contributed by atoms with Crippen molar-refractivity contribution >= 4 is 5.91 Å². The Hall–Kier alpha value is -1.49. The SMILES string of the molecule is O=C(CCOCC(F)F)N1CC2CCCCC21c1ccccc1. The number of carbonyl (C=O) groups is 1. The van der Waals surface area contributed by atoms with Gasteiger partial charge in [0.05, 0.1) is 18.6 Å². The summed E-state index contributed by atoms with van der Waals surface area (Å²) in [4.78, 5) is 14.5. The number of halogens is 2. The standard InChI is InChI=1S/C18H23F2NO2/c19-16(20)13-23-11-9-17(22)21-12-15-8-4-5-10-18(15,21)14-6-2-1-3-7-14/h1-3,6-7,15-16H,4-5,8-13H2. The number of ether oxygens (including phenoxy) is 1. The Morgan fingerprint density at radius 3 is 2.78 bits per heavy atom. The summed E-state index contributed by atoms with van der Waals surface area (Å²) < 4.78 is 29.0. The molecule has 1 saturated carbocycles. The Morgan fingerprint density at radius 2 is 2.09 bits per heavy atom. The van der Waals surface area contributed by atoms with Crippen LogP contribution in [-0.4, -0.2) is 37.0 Å². The van der Waals surface area contributed by atoms with Crippen LogP contribution in [0.15, 0.2) is 30.3 Å². The minimum absolute atomic E-state index is 0.0151. The zero-order chi connectivity index (χ0) is 16.3. The van der Waals surface area contributed by atoms with Gasteiger partial charge in [-0.1, -0.05) is 43.2 Å². The summed E-state index contributed by atoms with van der Waals surface area (Å²) in [6.45, 7) is 0.248. The smallest absolute Gasteiger partial charge is 0.261 e. The second-order valence-electron chi connectivity index (χ2n) is 6.45. The van der Waals surface area contributed by atoms with E-state index in [9.17, 15) is 13.6 Å². The van der Waals surface area contributed by atoms with E-state index < -0.39 is 13.0 Å². The zero-order valence-corrected chi connectivity index (χ0v) is 13.2. The van der Waals surface area contributed by atoms with Gasteiger partial charge in [0.2, 0.25) is 5.91 Å². The molecular weight excluding hydrogens is 300 g/mol. The molecule has 0 bridgehead atoms. The average molecular weight is 323 g/mol. The molecule has 2 fully saturated rings. The van der Waals surface area contributed by atoms with Crippen LogP contribution in [0, 0.1) is 5.92 Å². The summed E-state index contributed by atoms with van der Waals surface area (Å²) in [5, 5.41) is 0. The van der Waals surface area contributed by atoms with Gasteiger partial charge in [-0.15, -0.1) is 0 Å². The van der Waals surface area contributed by atoms with Crippen molar-refractivity contribution in [2.24, 2.45) is 5.92 Å². The number of amides is 1. The Kier molecular flexibility index (Phi) is 4.95. The number of alkyl halides is 2. The number of nitrogens with zero attached hydrogens (tertiary/aromatic N) is 1. The molecule has 2 unspecified atom stereocenters. The summed E-state index contributed by atoms with van der Waals surface area (Å²) in [5.74, 6) is 0.533. The van der Waals surface area contributed by atoms with E-state index in [2.05, 4.69) is 12.1 Å². The lowest BCUT2D eigenvalue weighted by Crippen LogP contribution is -2.67. The molecule has 0 radical (unpaired) electrons. The van der Waals surface area contributed by atoms with E-state index in [0.29, 0.717) is 5.92 Å². The lowest BCUT2D eigenvalue weighted by atomic mass is 9.61. The lowest BCUT2D eigenvalue weighted by molar-refractivity contribution is -0.168. The molecule has 1 aliphatic carbocycles. The van der Waals surface area contributed by atoms with E-state index in [0.717, 1.165) is 25.8 Å². The Labute approximate surface area is 135 Å². The average Bonchev–Trinajstić information content (AvgIpc) is 2.53. The molecule has 1 aliphatic heterocycles. The maximum absolute atomic E-state index is 12.6. The third-order valence-corrected chi connectivity index (χ3v) is 5.20. The minimum atomic E-state index is -2.48. The molecule has 0 spiro atoms. The first-order valence-electron chi connectivity index (χ1n) is 8.36. The maximum Gasteiger partial charge on any atom is 0.261 e. The first-order chi connectivity index (χ1) is 11.1. The van der Waals surface area contributed by atoms with Crippen molar-refractivity contribution in [1.82, 2.24) is 4.90 Å². The highest BCUT2D eigenvalue weighted by Crippen LogP contribution is 2.53. The van der Waals surface area contributed by atoms with E-state index in [1.54, 1.807) is 0 Å². The molecule has 1 aromatic carbocycles. The van der Waals surface area contributed by atoms with Gasteiger partial charge in [-0.2, -0.15) is 0 Å². The van der Waals surface area contributed by atoms with Gasteiger partial charge >= 0.3 is 0 Å². The fourth-order valence-electron chi connectivity index (χ4n) is 4.15. The number of hydrogen-bond donors (Lipinski definition) is 0. The van der Waals surface area contributed by atoms with Crippen molar-refractivity contribution in [3.05, 3.63) is 35.9 Å². The molecule has 2 atom stereocenters. The highest BCUT2D eigenvalue weighted by atomic mass is 19.3. The number of benzene rings is 1. The maximum atomic E-state index is 12.6. The third-order valence-electron chi connectivity index (χ3n) is 5.20. The molecule has 1 amide bonds. The lowest BCUT2D eigenvalue weighted by Gasteiger charge is -2.61. The van der Waals surface area contributed by atoms with Crippen LogP contribution in [0.2, 0.25) is 0 Å². The quantitative estimate of drug-likeness (QED) is 0.749. The Balaban J connectivity index is 1.68. The van der Waals surface area contributed by atoms with Crippen LogP contribution in [-0.2, 0) is 15.1 Å². The van der Waals surface area contributed by atoms with Gasteiger partial charge in [-0.05, 0) is 18.4 Å². The van der Waals surface area contributed by atoms with Crippen LogP contribution < -0.4 is 0 Å². The summed E-state index contributed by atoms with van der Waals surface area (Å²) in [7, 11) is 0. The molecule has 2 aliphatic rings. The highest BCUT2D eigenvalue weighted by molar-refractivity contribution is 5.78. The van der Waals surface area contributed by atoms with E-state index in [-0.39, 0.29) is 24.5 Å².